The smallest absolute Gasteiger partial charge is 0.258 e. The van der Waals surface area contributed by atoms with Crippen LogP contribution in [0.2, 0.25) is 0 Å². The van der Waals surface area contributed by atoms with Crippen LogP contribution in [0, 0.1) is 0 Å². The number of rotatable bonds is 5. The van der Waals surface area contributed by atoms with Crippen LogP contribution in [-0.4, -0.2) is 66.1 Å². The van der Waals surface area contributed by atoms with Crippen LogP contribution in [-0.2, 0) is 0 Å². The van der Waals surface area contributed by atoms with Gasteiger partial charge < -0.3 is 25.9 Å². The number of nitrogens with two attached hydrogens (primary N) is 2. The van der Waals surface area contributed by atoms with E-state index < -0.39 is 0 Å². The monoisotopic (exact) mass is 432 g/mol. The number of benzene rings is 1. The number of amides is 1. The van der Waals surface area contributed by atoms with Gasteiger partial charge in [0.2, 0.25) is 0 Å². The first-order chi connectivity index (χ1) is 15.4. The zero-order valence-electron chi connectivity index (χ0n) is 18.3. The molecule has 3 heterocycles. The van der Waals surface area contributed by atoms with Crippen molar-refractivity contribution >= 4 is 34.0 Å². The maximum absolute atomic E-state index is 12.7. The van der Waals surface area contributed by atoms with Crippen LogP contribution in [0.3, 0.4) is 0 Å². The molecule has 3 aromatic rings. The second kappa shape index (κ2) is 9.21. The van der Waals surface area contributed by atoms with E-state index in [0.29, 0.717) is 17.1 Å². The number of hydrogen-bond donors (Lipinski definition) is 3. The van der Waals surface area contributed by atoms with Crippen molar-refractivity contribution in [1.82, 2.24) is 19.9 Å². The highest BCUT2D eigenvalue weighted by molar-refractivity contribution is 6.04. The Kier molecular flexibility index (Phi) is 6.20. The van der Waals surface area contributed by atoms with E-state index in [9.17, 15) is 4.79 Å². The summed E-state index contributed by atoms with van der Waals surface area (Å²) in [7, 11) is 3.82. The average molecular weight is 433 g/mol. The minimum atomic E-state index is -0.255. The van der Waals surface area contributed by atoms with Gasteiger partial charge >= 0.3 is 0 Å². The Bertz CT molecular complexity index is 1130. The van der Waals surface area contributed by atoms with Gasteiger partial charge in [0.15, 0.2) is 0 Å². The van der Waals surface area contributed by atoms with Gasteiger partial charge in [0, 0.05) is 57.2 Å². The first kappa shape index (κ1) is 21.5. The molecule has 0 bridgehead atoms. The van der Waals surface area contributed by atoms with Crippen LogP contribution in [0.5, 0.6) is 0 Å². The summed E-state index contributed by atoms with van der Waals surface area (Å²) in [4.78, 5) is 26.1. The SMILES string of the molecule is CN(N)/C=C(\N)c1ccc2cnc(NC(=O)c3ccc(N4CCN(C)CC4)nc3)cc2c1. The molecule has 32 heavy (non-hydrogen) atoms. The Morgan fingerprint density at radius 1 is 1.03 bits per heavy atom. The first-order valence-corrected chi connectivity index (χ1v) is 10.4. The average Bonchev–Trinajstić information content (AvgIpc) is 2.79. The molecule has 9 heteroatoms. The van der Waals surface area contributed by atoms with Crippen molar-refractivity contribution in [2.75, 3.05) is 50.5 Å². The van der Waals surface area contributed by atoms with Crippen molar-refractivity contribution in [2.45, 2.75) is 0 Å². The second-order valence-electron chi connectivity index (χ2n) is 8.03. The molecular formula is C23H28N8O. The van der Waals surface area contributed by atoms with E-state index in [1.54, 1.807) is 31.7 Å². The number of anilines is 2. The van der Waals surface area contributed by atoms with Gasteiger partial charge in [-0.25, -0.2) is 15.8 Å². The number of pyridine rings is 2. The van der Waals surface area contributed by atoms with Crippen molar-refractivity contribution in [2.24, 2.45) is 11.6 Å². The fourth-order valence-electron chi connectivity index (χ4n) is 3.61. The number of fused-ring (bicyclic) bond motifs is 1. The number of carbonyl (C=O) groups is 1. The molecular weight excluding hydrogens is 404 g/mol. The van der Waals surface area contributed by atoms with Gasteiger partial charge in [0.25, 0.3) is 5.91 Å². The summed E-state index contributed by atoms with van der Waals surface area (Å²) >= 11 is 0. The van der Waals surface area contributed by atoms with Gasteiger partial charge in [0.05, 0.1) is 11.3 Å². The van der Waals surface area contributed by atoms with Crippen molar-refractivity contribution in [3.63, 3.8) is 0 Å². The zero-order valence-corrected chi connectivity index (χ0v) is 18.3. The van der Waals surface area contributed by atoms with Gasteiger partial charge in [-0.1, -0.05) is 12.1 Å². The topological polar surface area (TPSA) is 117 Å². The number of aromatic nitrogens is 2. The van der Waals surface area contributed by atoms with Crippen LogP contribution in [0.4, 0.5) is 11.6 Å². The third-order valence-electron chi connectivity index (χ3n) is 5.48. The molecule has 0 spiro atoms. The van der Waals surface area contributed by atoms with Gasteiger partial charge in [-0.2, -0.15) is 0 Å². The molecule has 0 unspecified atom stereocenters. The fourth-order valence-corrected chi connectivity index (χ4v) is 3.61. The predicted molar refractivity (Wildman–Crippen MR) is 128 cm³/mol. The maximum atomic E-state index is 12.7. The number of carbonyl (C=O) groups excluding carboxylic acids is 1. The highest BCUT2D eigenvalue weighted by atomic mass is 16.1. The number of nitrogens with one attached hydrogen (secondary N) is 1. The highest BCUT2D eigenvalue weighted by Crippen LogP contribution is 2.22. The summed E-state index contributed by atoms with van der Waals surface area (Å²) in [5.41, 5.74) is 7.96. The van der Waals surface area contributed by atoms with Crippen LogP contribution in [0.15, 0.2) is 55.0 Å². The van der Waals surface area contributed by atoms with E-state index in [1.165, 1.54) is 5.01 Å². The number of hydrogen-bond acceptors (Lipinski definition) is 8. The Hall–Kier alpha value is -3.69. The largest absolute Gasteiger partial charge is 0.397 e. The Morgan fingerprint density at radius 2 is 1.78 bits per heavy atom. The quantitative estimate of drug-likeness (QED) is 0.412. The summed E-state index contributed by atoms with van der Waals surface area (Å²) in [6, 6.07) is 11.3. The summed E-state index contributed by atoms with van der Waals surface area (Å²) in [6.07, 6.45) is 4.97. The zero-order chi connectivity index (χ0) is 22.7. The standard InChI is InChI=1S/C23H28N8O/c1-29-7-9-31(10-8-29)22-6-5-18(14-27-22)23(32)28-21-12-19-11-16(20(24)15-30(2)25)3-4-17(19)13-26-21/h3-6,11-15H,7-10,24-25H2,1-2H3,(H,26,28,32)/b20-15-. The molecule has 5 N–H and O–H groups in total. The predicted octanol–water partition coefficient (Wildman–Crippen LogP) is 1.70. The lowest BCUT2D eigenvalue weighted by atomic mass is 10.1. The first-order valence-electron chi connectivity index (χ1n) is 10.4. The Morgan fingerprint density at radius 3 is 2.47 bits per heavy atom. The van der Waals surface area contributed by atoms with Crippen LogP contribution in [0.1, 0.15) is 15.9 Å². The van der Waals surface area contributed by atoms with Crippen molar-refractivity contribution in [3.8, 4) is 0 Å². The second-order valence-corrected chi connectivity index (χ2v) is 8.03. The van der Waals surface area contributed by atoms with E-state index in [-0.39, 0.29) is 5.91 Å². The van der Waals surface area contributed by atoms with E-state index in [4.69, 9.17) is 11.6 Å². The number of likely N-dealkylation sites (N-methyl/N-ethyl adjacent to an activating group) is 1. The molecule has 2 aromatic heterocycles. The van der Waals surface area contributed by atoms with E-state index in [1.807, 2.05) is 30.3 Å². The van der Waals surface area contributed by atoms with Gasteiger partial charge in [-0.15, -0.1) is 0 Å². The summed E-state index contributed by atoms with van der Waals surface area (Å²) in [5, 5.41) is 6.11. The fraction of sp³-hybridized carbons (Fsp3) is 0.261. The van der Waals surface area contributed by atoms with Gasteiger partial charge in [-0.05, 0) is 42.3 Å². The molecule has 0 saturated carbocycles. The van der Waals surface area contributed by atoms with Gasteiger partial charge in [-0.3, -0.25) is 4.79 Å². The molecule has 0 aliphatic carbocycles. The van der Waals surface area contributed by atoms with E-state index in [2.05, 4.69) is 32.1 Å². The minimum absolute atomic E-state index is 0.255. The lowest BCUT2D eigenvalue weighted by Gasteiger charge is -2.33. The number of piperazine rings is 1. The Balaban J connectivity index is 1.48. The molecule has 0 atom stereocenters. The summed E-state index contributed by atoms with van der Waals surface area (Å²) in [6.45, 7) is 3.87. The van der Waals surface area contributed by atoms with Crippen LogP contribution >= 0.6 is 0 Å². The number of nitrogens with zero attached hydrogens (tertiary/aromatic N) is 5. The molecule has 1 aliphatic rings. The molecule has 4 rings (SSSR count). The van der Waals surface area contributed by atoms with Gasteiger partial charge in [0.1, 0.15) is 11.6 Å². The molecule has 1 saturated heterocycles. The third-order valence-corrected chi connectivity index (χ3v) is 5.48. The van der Waals surface area contributed by atoms with E-state index >= 15 is 0 Å². The molecule has 0 radical (unpaired) electrons. The lowest BCUT2D eigenvalue weighted by Crippen LogP contribution is -2.44. The van der Waals surface area contributed by atoms with E-state index in [0.717, 1.165) is 48.3 Å². The van der Waals surface area contributed by atoms with Crippen molar-refractivity contribution in [1.29, 1.82) is 0 Å². The molecule has 1 aromatic carbocycles. The normalized spacial score (nSPS) is 15.1. The third kappa shape index (κ3) is 4.96. The van der Waals surface area contributed by atoms with Crippen LogP contribution in [0.25, 0.3) is 16.5 Å². The lowest BCUT2D eigenvalue weighted by molar-refractivity contribution is 0.102. The molecule has 166 valence electrons. The minimum Gasteiger partial charge on any atom is -0.397 e. The summed E-state index contributed by atoms with van der Waals surface area (Å²) in [5.74, 6) is 6.74. The highest BCUT2D eigenvalue weighted by Gasteiger charge is 2.16. The maximum Gasteiger partial charge on any atom is 0.258 e. The molecule has 1 aliphatic heterocycles. The summed E-state index contributed by atoms with van der Waals surface area (Å²) < 4.78 is 0. The Labute approximate surface area is 187 Å². The van der Waals surface area contributed by atoms with Crippen molar-refractivity contribution in [3.05, 3.63) is 66.1 Å². The van der Waals surface area contributed by atoms with Crippen LogP contribution < -0.4 is 21.8 Å². The number of hydrazine groups is 1. The molecule has 1 fully saturated rings. The molecule has 9 nitrogen and oxygen atoms in total. The van der Waals surface area contributed by atoms with Crippen molar-refractivity contribution < 1.29 is 4.79 Å². The molecule has 1 amide bonds.